The summed E-state index contributed by atoms with van der Waals surface area (Å²) < 4.78 is 5.57. The van der Waals surface area contributed by atoms with Crippen molar-refractivity contribution >= 4 is 11.6 Å². The maximum atomic E-state index is 12.3. The van der Waals surface area contributed by atoms with Crippen LogP contribution in [0.5, 0.6) is 5.75 Å². The number of carbonyl (C=O) groups excluding carboxylic acids is 1. The molecule has 2 aliphatic rings. The molecule has 1 aromatic carbocycles. The Morgan fingerprint density at radius 2 is 2.21 bits per heavy atom. The van der Waals surface area contributed by atoms with Gasteiger partial charge in [-0.25, -0.2) is 0 Å². The normalized spacial score (nSPS) is 19.8. The molecule has 4 nitrogen and oxygen atoms in total. The summed E-state index contributed by atoms with van der Waals surface area (Å²) in [7, 11) is 0. The van der Waals surface area contributed by atoms with E-state index in [1.54, 1.807) is 0 Å². The van der Waals surface area contributed by atoms with Crippen molar-refractivity contribution in [1.29, 1.82) is 0 Å². The van der Waals surface area contributed by atoms with Crippen molar-refractivity contribution in [2.24, 2.45) is 11.1 Å². The number of benzene rings is 1. The van der Waals surface area contributed by atoms with Crippen molar-refractivity contribution in [3.05, 3.63) is 23.8 Å². The molecule has 0 atom stereocenters. The number of hydrogen-bond acceptors (Lipinski definition) is 3. The maximum absolute atomic E-state index is 12.3. The Balaban J connectivity index is 1.74. The van der Waals surface area contributed by atoms with Gasteiger partial charge in [-0.1, -0.05) is 6.42 Å². The van der Waals surface area contributed by atoms with E-state index < -0.39 is 0 Å². The molecule has 1 saturated carbocycles. The molecule has 1 aliphatic heterocycles. The Hall–Kier alpha value is -1.55. The van der Waals surface area contributed by atoms with Crippen LogP contribution in [0.15, 0.2) is 18.2 Å². The van der Waals surface area contributed by atoms with Crippen molar-refractivity contribution in [3.63, 3.8) is 0 Å². The van der Waals surface area contributed by atoms with Crippen LogP contribution in [-0.2, 0) is 11.2 Å². The number of anilines is 1. The third-order valence-electron chi connectivity index (χ3n) is 4.35. The lowest BCUT2D eigenvalue weighted by Crippen LogP contribution is -2.47. The van der Waals surface area contributed by atoms with Crippen molar-refractivity contribution in [1.82, 2.24) is 0 Å². The Kier molecular flexibility index (Phi) is 3.19. The molecule has 1 amide bonds. The van der Waals surface area contributed by atoms with Crippen LogP contribution in [0.25, 0.3) is 0 Å². The molecule has 0 spiro atoms. The Morgan fingerprint density at radius 3 is 2.89 bits per heavy atom. The molecule has 102 valence electrons. The minimum absolute atomic E-state index is 0.0675. The van der Waals surface area contributed by atoms with E-state index in [9.17, 15) is 4.79 Å². The summed E-state index contributed by atoms with van der Waals surface area (Å²) in [5, 5.41) is 3.01. The first kappa shape index (κ1) is 12.5. The Labute approximate surface area is 113 Å². The van der Waals surface area contributed by atoms with Crippen LogP contribution < -0.4 is 15.8 Å². The summed E-state index contributed by atoms with van der Waals surface area (Å²) in [5.41, 5.74) is 7.46. The molecule has 0 unspecified atom stereocenters. The first-order valence-electron chi connectivity index (χ1n) is 7.01. The van der Waals surface area contributed by atoms with Crippen LogP contribution in [0.2, 0.25) is 0 Å². The number of aryl methyl sites for hydroxylation is 1. The van der Waals surface area contributed by atoms with E-state index in [1.165, 1.54) is 5.56 Å². The predicted octanol–water partition coefficient (Wildman–Crippen LogP) is 2.08. The number of ether oxygens (including phenoxy) is 1. The van der Waals surface area contributed by atoms with E-state index >= 15 is 0 Å². The molecule has 1 heterocycles. The highest BCUT2D eigenvalue weighted by Crippen LogP contribution is 2.41. The summed E-state index contributed by atoms with van der Waals surface area (Å²) in [4.78, 5) is 12.3. The van der Waals surface area contributed by atoms with Crippen LogP contribution in [0.3, 0.4) is 0 Å². The lowest BCUT2D eigenvalue weighted by atomic mass is 9.68. The fraction of sp³-hybridized carbons (Fsp3) is 0.533. The van der Waals surface area contributed by atoms with E-state index in [1.807, 2.05) is 18.2 Å². The maximum Gasteiger partial charge on any atom is 0.231 e. The van der Waals surface area contributed by atoms with Crippen molar-refractivity contribution in [3.8, 4) is 5.75 Å². The second-order valence-electron chi connectivity index (χ2n) is 5.57. The van der Waals surface area contributed by atoms with Gasteiger partial charge in [0.1, 0.15) is 5.75 Å². The first-order valence-corrected chi connectivity index (χ1v) is 7.01. The lowest BCUT2D eigenvalue weighted by molar-refractivity contribution is -0.129. The molecule has 3 N–H and O–H groups in total. The molecule has 0 radical (unpaired) electrons. The number of fused-ring (bicyclic) bond motifs is 1. The fourth-order valence-corrected chi connectivity index (χ4v) is 2.83. The molecule has 4 heteroatoms. The topological polar surface area (TPSA) is 64.4 Å². The first-order chi connectivity index (χ1) is 9.23. The monoisotopic (exact) mass is 260 g/mol. The molecule has 0 aromatic heterocycles. The van der Waals surface area contributed by atoms with E-state index in [0.717, 1.165) is 50.1 Å². The summed E-state index contributed by atoms with van der Waals surface area (Å²) >= 11 is 0. The minimum atomic E-state index is -0.327. The fourth-order valence-electron chi connectivity index (χ4n) is 2.83. The van der Waals surface area contributed by atoms with Crippen molar-refractivity contribution in [2.45, 2.75) is 32.1 Å². The zero-order valence-corrected chi connectivity index (χ0v) is 11.1. The largest absolute Gasteiger partial charge is 0.493 e. The van der Waals surface area contributed by atoms with E-state index in [2.05, 4.69) is 5.32 Å². The summed E-state index contributed by atoms with van der Waals surface area (Å²) in [6, 6.07) is 5.88. The summed E-state index contributed by atoms with van der Waals surface area (Å²) in [6.45, 7) is 1.22. The Morgan fingerprint density at radius 1 is 1.37 bits per heavy atom. The third-order valence-corrected chi connectivity index (χ3v) is 4.35. The number of rotatable bonds is 3. The van der Waals surface area contributed by atoms with Crippen LogP contribution in [0.1, 0.15) is 31.2 Å². The lowest BCUT2D eigenvalue weighted by Gasteiger charge is -2.39. The molecule has 1 aliphatic carbocycles. The van der Waals surface area contributed by atoms with Crippen LogP contribution >= 0.6 is 0 Å². The smallest absolute Gasteiger partial charge is 0.231 e. The molecular weight excluding hydrogens is 240 g/mol. The third kappa shape index (κ3) is 2.21. The number of nitrogens with one attached hydrogen (secondary N) is 1. The van der Waals surface area contributed by atoms with Gasteiger partial charge in [0, 0.05) is 12.2 Å². The van der Waals surface area contributed by atoms with Gasteiger partial charge < -0.3 is 15.8 Å². The second-order valence-corrected chi connectivity index (χ2v) is 5.57. The Bertz CT molecular complexity index is 489. The van der Waals surface area contributed by atoms with Gasteiger partial charge in [0.15, 0.2) is 0 Å². The predicted molar refractivity (Wildman–Crippen MR) is 74.2 cm³/mol. The zero-order valence-electron chi connectivity index (χ0n) is 11.1. The molecule has 1 fully saturated rings. The zero-order chi connectivity index (χ0) is 13.3. The number of hydrogen-bond donors (Lipinski definition) is 2. The van der Waals surface area contributed by atoms with Gasteiger partial charge in [0.05, 0.1) is 12.0 Å². The molecule has 3 rings (SSSR count). The summed E-state index contributed by atoms with van der Waals surface area (Å²) in [6.07, 6.45) is 4.97. The van der Waals surface area contributed by atoms with Gasteiger partial charge in [0.2, 0.25) is 5.91 Å². The highest BCUT2D eigenvalue weighted by Gasteiger charge is 2.42. The van der Waals surface area contributed by atoms with E-state index in [-0.39, 0.29) is 11.3 Å². The van der Waals surface area contributed by atoms with Crippen molar-refractivity contribution in [2.75, 3.05) is 18.5 Å². The van der Waals surface area contributed by atoms with Crippen LogP contribution in [0, 0.1) is 5.41 Å². The standard InChI is InChI=1S/C15H20N2O2/c16-10-15(6-2-7-15)14(18)17-12-4-5-13-11(9-12)3-1-8-19-13/h4-5,9H,1-3,6-8,10,16H2,(H,17,18). The molecule has 0 saturated heterocycles. The summed E-state index contributed by atoms with van der Waals surface area (Å²) in [5.74, 6) is 1.01. The number of nitrogens with two attached hydrogens (primary N) is 1. The molecule has 1 aromatic rings. The SMILES string of the molecule is NCC1(C(=O)Nc2ccc3c(c2)CCCO3)CCC1. The van der Waals surface area contributed by atoms with Gasteiger partial charge >= 0.3 is 0 Å². The highest BCUT2D eigenvalue weighted by molar-refractivity contribution is 5.96. The van der Waals surface area contributed by atoms with Gasteiger partial charge in [-0.2, -0.15) is 0 Å². The van der Waals surface area contributed by atoms with E-state index in [4.69, 9.17) is 10.5 Å². The minimum Gasteiger partial charge on any atom is -0.493 e. The quantitative estimate of drug-likeness (QED) is 0.874. The highest BCUT2D eigenvalue weighted by atomic mass is 16.5. The average molecular weight is 260 g/mol. The van der Waals surface area contributed by atoms with E-state index in [0.29, 0.717) is 6.54 Å². The molecule has 19 heavy (non-hydrogen) atoms. The second kappa shape index (κ2) is 4.85. The van der Waals surface area contributed by atoms with Gasteiger partial charge in [-0.05, 0) is 49.4 Å². The molecule has 0 bridgehead atoms. The molecular formula is C15H20N2O2. The number of carbonyl (C=O) groups is 1. The average Bonchev–Trinajstić information content (AvgIpc) is 2.38. The van der Waals surface area contributed by atoms with Crippen LogP contribution in [-0.4, -0.2) is 19.1 Å². The van der Waals surface area contributed by atoms with Gasteiger partial charge in [-0.3, -0.25) is 4.79 Å². The van der Waals surface area contributed by atoms with Crippen LogP contribution in [0.4, 0.5) is 5.69 Å². The van der Waals surface area contributed by atoms with Gasteiger partial charge in [-0.15, -0.1) is 0 Å². The van der Waals surface area contributed by atoms with Gasteiger partial charge in [0.25, 0.3) is 0 Å². The number of amides is 1. The van der Waals surface area contributed by atoms with Crippen molar-refractivity contribution < 1.29 is 9.53 Å².